The molecule has 2 N–H and O–H groups in total. The summed E-state index contributed by atoms with van der Waals surface area (Å²) in [6.07, 6.45) is 2.85. The molecule has 0 aliphatic carbocycles. The first-order valence-electron chi connectivity index (χ1n) is 11.3. The number of rotatable bonds is 10. The molecule has 1 fully saturated rings. The van der Waals surface area contributed by atoms with Crippen LogP contribution in [0.5, 0.6) is 5.75 Å². The van der Waals surface area contributed by atoms with E-state index >= 15 is 0 Å². The third-order valence-electron chi connectivity index (χ3n) is 5.44. The first-order valence-corrected chi connectivity index (χ1v) is 11.3. The van der Waals surface area contributed by atoms with E-state index in [-0.39, 0.29) is 17.3 Å². The smallest absolute Gasteiger partial charge is 0.262 e. The quantitative estimate of drug-likeness (QED) is 0.328. The van der Waals surface area contributed by atoms with E-state index in [1.165, 1.54) is 24.3 Å². The van der Waals surface area contributed by atoms with E-state index < -0.39 is 11.9 Å². The van der Waals surface area contributed by atoms with Crippen LogP contribution < -0.4 is 15.4 Å². The Labute approximate surface area is 194 Å². The first kappa shape index (κ1) is 24.4. The Morgan fingerprint density at radius 3 is 2.73 bits per heavy atom. The third-order valence-corrected chi connectivity index (χ3v) is 5.44. The summed E-state index contributed by atoms with van der Waals surface area (Å²) in [6.45, 7) is 7.65. The van der Waals surface area contributed by atoms with Crippen LogP contribution in [0.3, 0.4) is 0 Å². The molecule has 1 aromatic carbocycles. The van der Waals surface area contributed by atoms with E-state index in [1.807, 2.05) is 37.3 Å². The van der Waals surface area contributed by atoms with Crippen molar-refractivity contribution in [2.45, 2.75) is 25.8 Å². The van der Waals surface area contributed by atoms with Crippen molar-refractivity contribution in [2.24, 2.45) is 0 Å². The Kier molecular flexibility index (Phi) is 9.36. The highest BCUT2D eigenvalue weighted by atomic mass is 19.1. The normalized spacial score (nSPS) is 15.5. The number of ether oxygens (including phenoxy) is 1. The van der Waals surface area contributed by atoms with Gasteiger partial charge in [0.25, 0.3) is 5.91 Å². The van der Waals surface area contributed by atoms with Crippen molar-refractivity contribution in [3.63, 3.8) is 0 Å². The fraction of sp³-hybridized carbons (Fsp3) is 0.400. The Balaban J connectivity index is 1.60. The predicted octanol–water partition coefficient (Wildman–Crippen LogP) is 3.07. The number of hydrogen-bond donors (Lipinski definition) is 2. The van der Waals surface area contributed by atoms with Crippen molar-refractivity contribution in [3.05, 3.63) is 65.2 Å². The van der Waals surface area contributed by atoms with Gasteiger partial charge in [-0.1, -0.05) is 31.5 Å². The molecule has 1 aliphatic rings. The standard InChI is InChI=1S/C25H30FN5O2/c1-2-4-23(30-25(32)20(18-27)17-21-5-3-6-24(26)29-21)19-7-9-22(10-8-19)33-16-15-31-13-11-28-12-14-31/h3,5-10,17,23,28H,2,4,11-16H2,1H3,(H,30,32). The second-order valence-corrected chi connectivity index (χ2v) is 7.88. The minimum atomic E-state index is -0.666. The lowest BCUT2D eigenvalue weighted by atomic mass is 10.0. The van der Waals surface area contributed by atoms with Crippen LogP contribution in [0.2, 0.25) is 0 Å². The van der Waals surface area contributed by atoms with Crippen molar-refractivity contribution in [2.75, 3.05) is 39.3 Å². The maximum Gasteiger partial charge on any atom is 0.262 e. The lowest BCUT2D eigenvalue weighted by molar-refractivity contribution is -0.117. The molecular formula is C25H30FN5O2. The van der Waals surface area contributed by atoms with Crippen molar-refractivity contribution in [1.82, 2.24) is 20.5 Å². The molecule has 0 radical (unpaired) electrons. The molecule has 1 saturated heterocycles. The van der Waals surface area contributed by atoms with Gasteiger partial charge in [0.15, 0.2) is 0 Å². The summed E-state index contributed by atoms with van der Waals surface area (Å²) in [5, 5.41) is 15.7. The largest absolute Gasteiger partial charge is 0.492 e. The second kappa shape index (κ2) is 12.7. The molecule has 8 heteroatoms. The topological polar surface area (TPSA) is 90.3 Å². The van der Waals surface area contributed by atoms with Gasteiger partial charge in [0.1, 0.15) is 24.0 Å². The lowest BCUT2D eigenvalue weighted by Crippen LogP contribution is -2.44. The van der Waals surface area contributed by atoms with Crippen LogP contribution >= 0.6 is 0 Å². The number of pyridine rings is 1. The Hall–Kier alpha value is -3.28. The minimum Gasteiger partial charge on any atom is -0.492 e. The summed E-state index contributed by atoms with van der Waals surface area (Å²) in [6, 6.07) is 13.5. The zero-order valence-electron chi connectivity index (χ0n) is 18.9. The van der Waals surface area contributed by atoms with Gasteiger partial charge in [0.2, 0.25) is 5.95 Å². The number of piperazine rings is 1. The molecule has 1 unspecified atom stereocenters. The molecule has 0 saturated carbocycles. The second-order valence-electron chi connectivity index (χ2n) is 7.88. The summed E-state index contributed by atoms with van der Waals surface area (Å²) in [5.41, 5.74) is 1.03. The average molecular weight is 452 g/mol. The number of nitrogens with zero attached hydrogens (tertiary/aromatic N) is 3. The fourth-order valence-corrected chi connectivity index (χ4v) is 3.67. The highest BCUT2D eigenvalue weighted by Crippen LogP contribution is 2.22. The summed E-state index contributed by atoms with van der Waals surface area (Å²) < 4.78 is 19.2. The monoisotopic (exact) mass is 451 g/mol. The van der Waals surface area contributed by atoms with Gasteiger partial charge in [-0.2, -0.15) is 9.65 Å². The maximum absolute atomic E-state index is 13.3. The Morgan fingerprint density at radius 1 is 1.30 bits per heavy atom. The molecular weight excluding hydrogens is 421 g/mol. The highest BCUT2D eigenvalue weighted by Gasteiger charge is 2.17. The van der Waals surface area contributed by atoms with Gasteiger partial charge >= 0.3 is 0 Å². The van der Waals surface area contributed by atoms with Crippen LogP contribution in [-0.4, -0.2) is 55.1 Å². The van der Waals surface area contributed by atoms with Crippen LogP contribution in [0, 0.1) is 17.3 Å². The molecule has 3 rings (SSSR count). The van der Waals surface area contributed by atoms with E-state index in [0.29, 0.717) is 13.0 Å². The molecule has 1 amide bonds. The zero-order chi connectivity index (χ0) is 23.5. The maximum atomic E-state index is 13.3. The number of nitriles is 1. The van der Waals surface area contributed by atoms with Gasteiger partial charge in [-0.3, -0.25) is 9.69 Å². The molecule has 33 heavy (non-hydrogen) atoms. The molecule has 1 atom stereocenters. The Morgan fingerprint density at radius 2 is 2.06 bits per heavy atom. The lowest BCUT2D eigenvalue weighted by Gasteiger charge is -2.27. The van der Waals surface area contributed by atoms with Gasteiger partial charge in [-0.05, 0) is 42.3 Å². The molecule has 1 aliphatic heterocycles. The van der Waals surface area contributed by atoms with Gasteiger partial charge in [0, 0.05) is 32.7 Å². The first-order chi connectivity index (χ1) is 16.1. The number of aromatic nitrogens is 1. The average Bonchev–Trinajstić information content (AvgIpc) is 2.83. The number of hydrogen-bond acceptors (Lipinski definition) is 6. The summed E-state index contributed by atoms with van der Waals surface area (Å²) in [5.74, 6) is -0.399. The number of carbonyl (C=O) groups is 1. The minimum absolute atomic E-state index is 0.123. The molecule has 2 heterocycles. The van der Waals surface area contributed by atoms with Crippen LogP contribution in [0.15, 0.2) is 48.0 Å². The highest BCUT2D eigenvalue weighted by molar-refractivity contribution is 6.01. The van der Waals surface area contributed by atoms with Crippen LogP contribution in [0.25, 0.3) is 6.08 Å². The fourth-order valence-electron chi connectivity index (χ4n) is 3.67. The number of halogens is 1. The SMILES string of the molecule is CCCC(NC(=O)C(C#N)=Cc1cccc(F)n1)c1ccc(OCCN2CCNCC2)cc1. The summed E-state index contributed by atoms with van der Waals surface area (Å²) in [4.78, 5) is 18.8. The number of nitrogens with one attached hydrogen (secondary N) is 2. The summed E-state index contributed by atoms with van der Waals surface area (Å²) in [7, 11) is 0. The summed E-state index contributed by atoms with van der Waals surface area (Å²) >= 11 is 0. The van der Waals surface area contributed by atoms with E-state index in [2.05, 4.69) is 20.5 Å². The molecule has 7 nitrogen and oxygen atoms in total. The van der Waals surface area contributed by atoms with Crippen molar-refractivity contribution in [1.29, 1.82) is 5.26 Å². The van der Waals surface area contributed by atoms with Crippen molar-refractivity contribution >= 4 is 12.0 Å². The third kappa shape index (κ3) is 7.67. The molecule has 1 aromatic heterocycles. The van der Waals surface area contributed by atoms with E-state index in [0.717, 1.165) is 50.5 Å². The van der Waals surface area contributed by atoms with E-state index in [4.69, 9.17) is 4.74 Å². The van der Waals surface area contributed by atoms with Crippen LogP contribution in [0.1, 0.15) is 37.1 Å². The van der Waals surface area contributed by atoms with E-state index in [9.17, 15) is 14.4 Å². The van der Waals surface area contributed by atoms with Gasteiger partial charge in [-0.25, -0.2) is 4.98 Å². The number of amides is 1. The Bertz CT molecular complexity index is 981. The van der Waals surface area contributed by atoms with Gasteiger partial charge in [0.05, 0.1) is 11.7 Å². The predicted molar refractivity (Wildman–Crippen MR) is 125 cm³/mol. The molecule has 0 bridgehead atoms. The van der Waals surface area contributed by atoms with E-state index in [1.54, 1.807) is 0 Å². The van der Waals surface area contributed by atoms with Crippen molar-refractivity contribution < 1.29 is 13.9 Å². The molecule has 174 valence electrons. The molecule has 0 spiro atoms. The van der Waals surface area contributed by atoms with Crippen LogP contribution in [0.4, 0.5) is 4.39 Å². The number of benzene rings is 1. The molecule has 2 aromatic rings. The van der Waals surface area contributed by atoms with Crippen molar-refractivity contribution in [3.8, 4) is 11.8 Å². The van der Waals surface area contributed by atoms with Gasteiger partial charge in [-0.15, -0.1) is 0 Å². The zero-order valence-corrected chi connectivity index (χ0v) is 18.9. The van der Waals surface area contributed by atoms with Gasteiger partial charge < -0.3 is 15.4 Å². The number of carbonyl (C=O) groups excluding carboxylic acids is 1. The van der Waals surface area contributed by atoms with Crippen LogP contribution in [-0.2, 0) is 4.79 Å².